The minimum atomic E-state index is -0.283. The van der Waals surface area contributed by atoms with E-state index in [1.807, 2.05) is 17.7 Å². The van der Waals surface area contributed by atoms with Crippen molar-refractivity contribution in [1.82, 2.24) is 24.5 Å². The second-order valence-corrected chi connectivity index (χ2v) is 7.38. The number of hydroxylamine groups is 2. The van der Waals surface area contributed by atoms with E-state index >= 15 is 0 Å². The number of imidazole rings is 1. The number of aryl methyl sites for hydroxylation is 1. The van der Waals surface area contributed by atoms with Crippen LogP contribution in [0.3, 0.4) is 0 Å². The van der Waals surface area contributed by atoms with Crippen molar-refractivity contribution in [1.29, 1.82) is 0 Å². The van der Waals surface area contributed by atoms with Gasteiger partial charge in [-0.25, -0.2) is 15.0 Å². The minimum absolute atomic E-state index is 0.0214. The number of carbonyl (C=O) groups is 1. The quantitative estimate of drug-likeness (QED) is 0.847. The van der Waals surface area contributed by atoms with E-state index in [4.69, 9.17) is 4.84 Å². The van der Waals surface area contributed by atoms with Crippen LogP contribution in [0, 0.1) is 6.92 Å². The lowest BCUT2D eigenvalue weighted by Gasteiger charge is -2.36. The maximum atomic E-state index is 12.9. The molecule has 2 aromatic rings. The van der Waals surface area contributed by atoms with Crippen LogP contribution in [0.25, 0.3) is 0 Å². The van der Waals surface area contributed by atoms with Gasteiger partial charge in [0, 0.05) is 37.8 Å². The van der Waals surface area contributed by atoms with Gasteiger partial charge in [0.2, 0.25) is 0 Å². The fourth-order valence-corrected chi connectivity index (χ4v) is 3.93. The zero-order valence-electron chi connectivity index (χ0n) is 13.7. The lowest BCUT2D eigenvalue weighted by molar-refractivity contribution is -0.201. The summed E-state index contributed by atoms with van der Waals surface area (Å²) in [6.07, 6.45) is 5.61. The van der Waals surface area contributed by atoms with Crippen LogP contribution in [-0.2, 0) is 22.7 Å². The fraction of sp³-hybridized carbons (Fsp3) is 0.562. The molecule has 0 aromatic carbocycles. The maximum absolute atomic E-state index is 12.9. The third kappa shape index (κ3) is 3.09. The third-order valence-corrected chi connectivity index (χ3v) is 5.31. The van der Waals surface area contributed by atoms with Crippen LogP contribution >= 0.6 is 11.3 Å². The number of hydrogen-bond acceptors (Lipinski definition) is 6. The van der Waals surface area contributed by atoms with Crippen LogP contribution in [0.1, 0.15) is 35.3 Å². The summed E-state index contributed by atoms with van der Waals surface area (Å²) in [5.74, 6) is 0.0214. The largest absolute Gasteiger partial charge is 0.319 e. The van der Waals surface area contributed by atoms with Gasteiger partial charge in [-0.05, 0) is 19.8 Å². The van der Waals surface area contributed by atoms with Gasteiger partial charge >= 0.3 is 0 Å². The summed E-state index contributed by atoms with van der Waals surface area (Å²) in [5, 5.41) is 4.70. The molecule has 1 fully saturated rings. The average Bonchev–Trinajstić information content (AvgIpc) is 3.23. The molecule has 1 amide bonds. The van der Waals surface area contributed by atoms with Crippen molar-refractivity contribution in [3.8, 4) is 0 Å². The molecule has 24 heavy (non-hydrogen) atoms. The van der Waals surface area contributed by atoms with Gasteiger partial charge in [-0.3, -0.25) is 14.5 Å². The number of fused-ring (bicyclic) bond motifs is 1. The van der Waals surface area contributed by atoms with E-state index in [1.54, 1.807) is 17.7 Å². The zero-order chi connectivity index (χ0) is 16.5. The second-order valence-electron chi connectivity index (χ2n) is 6.32. The van der Waals surface area contributed by atoms with E-state index in [2.05, 4.69) is 20.2 Å². The lowest BCUT2D eigenvalue weighted by atomic mass is 10.1. The fourth-order valence-electron chi connectivity index (χ4n) is 3.33. The smallest absolute Gasteiger partial charge is 0.270 e. The van der Waals surface area contributed by atoms with Gasteiger partial charge in [0.05, 0.1) is 29.3 Å². The topological polar surface area (TPSA) is 63.5 Å². The van der Waals surface area contributed by atoms with Crippen LogP contribution < -0.4 is 0 Å². The molecule has 2 aliphatic rings. The van der Waals surface area contributed by atoms with E-state index in [-0.39, 0.29) is 11.9 Å². The van der Waals surface area contributed by atoms with Crippen LogP contribution in [-0.4, -0.2) is 50.1 Å². The average molecular weight is 347 g/mol. The molecule has 0 unspecified atom stereocenters. The third-order valence-electron chi connectivity index (χ3n) is 4.48. The summed E-state index contributed by atoms with van der Waals surface area (Å²) in [6, 6.07) is -0.283. The molecule has 1 atom stereocenters. The van der Waals surface area contributed by atoms with E-state index in [0.29, 0.717) is 19.7 Å². The summed E-state index contributed by atoms with van der Waals surface area (Å²) in [6.45, 7) is 5.49. The first-order valence-corrected chi connectivity index (χ1v) is 9.17. The van der Waals surface area contributed by atoms with Gasteiger partial charge in [-0.1, -0.05) is 0 Å². The van der Waals surface area contributed by atoms with Gasteiger partial charge in [-0.15, -0.1) is 11.3 Å². The monoisotopic (exact) mass is 347 g/mol. The Kier molecular flexibility index (Phi) is 4.34. The molecule has 0 bridgehead atoms. The van der Waals surface area contributed by atoms with Crippen molar-refractivity contribution in [2.24, 2.45) is 0 Å². The first-order chi connectivity index (χ1) is 11.7. The Morgan fingerprint density at radius 3 is 3.12 bits per heavy atom. The molecule has 4 heterocycles. The van der Waals surface area contributed by atoms with Crippen LogP contribution in [0.2, 0.25) is 0 Å². The highest BCUT2D eigenvalue weighted by atomic mass is 32.1. The summed E-state index contributed by atoms with van der Waals surface area (Å²) in [5.41, 5.74) is 2.12. The van der Waals surface area contributed by atoms with Crippen molar-refractivity contribution < 1.29 is 9.63 Å². The highest BCUT2D eigenvalue weighted by Gasteiger charge is 2.34. The summed E-state index contributed by atoms with van der Waals surface area (Å²) < 4.78 is 1.99. The molecule has 128 valence electrons. The standard InChI is InChI=1S/C16H21N5O2S/c1-12-18-13(10-24-12)7-19-8-14-6-17-11-20(14)15(9-19)16(22)21-4-2-3-5-23-21/h6,10-11,15H,2-5,7-9H2,1H3/t15-/m0/s1. The van der Waals surface area contributed by atoms with Gasteiger partial charge in [0.15, 0.2) is 0 Å². The highest BCUT2D eigenvalue weighted by Crippen LogP contribution is 2.25. The summed E-state index contributed by atoms with van der Waals surface area (Å²) >= 11 is 1.66. The number of hydrogen-bond donors (Lipinski definition) is 0. The predicted octanol–water partition coefficient (Wildman–Crippen LogP) is 1.76. The number of carbonyl (C=O) groups excluding carboxylic acids is 1. The van der Waals surface area contributed by atoms with Crippen LogP contribution in [0.4, 0.5) is 0 Å². The Morgan fingerprint density at radius 2 is 2.38 bits per heavy atom. The van der Waals surface area contributed by atoms with E-state index in [0.717, 1.165) is 42.3 Å². The Balaban J connectivity index is 1.53. The van der Waals surface area contributed by atoms with Crippen LogP contribution in [0.5, 0.6) is 0 Å². The van der Waals surface area contributed by atoms with E-state index in [1.165, 1.54) is 5.06 Å². The number of aromatic nitrogens is 3. The van der Waals surface area contributed by atoms with Gasteiger partial charge < -0.3 is 4.57 Å². The minimum Gasteiger partial charge on any atom is -0.319 e. The summed E-state index contributed by atoms with van der Waals surface area (Å²) in [4.78, 5) is 29.5. The van der Waals surface area contributed by atoms with Crippen LogP contribution in [0.15, 0.2) is 17.9 Å². The highest BCUT2D eigenvalue weighted by molar-refractivity contribution is 7.09. The molecule has 2 aliphatic heterocycles. The number of nitrogens with zero attached hydrogens (tertiary/aromatic N) is 5. The molecule has 0 saturated carbocycles. The Bertz CT molecular complexity index is 722. The maximum Gasteiger partial charge on any atom is 0.270 e. The molecule has 0 aliphatic carbocycles. The van der Waals surface area contributed by atoms with E-state index < -0.39 is 0 Å². The first kappa shape index (κ1) is 15.7. The van der Waals surface area contributed by atoms with Crippen molar-refractivity contribution in [3.63, 3.8) is 0 Å². The van der Waals surface area contributed by atoms with Gasteiger partial charge in [0.1, 0.15) is 6.04 Å². The molecule has 4 rings (SSSR count). The molecule has 0 N–H and O–H groups in total. The number of rotatable bonds is 3. The predicted molar refractivity (Wildman–Crippen MR) is 89.1 cm³/mol. The van der Waals surface area contributed by atoms with Gasteiger partial charge in [-0.2, -0.15) is 0 Å². The zero-order valence-corrected chi connectivity index (χ0v) is 14.5. The molecule has 0 spiro atoms. The Hall–Kier alpha value is -1.77. The normalized spacial score (nSPS) is 21.7. The van der Waals surface area contributed by atoms with Crippen molar-refractivity contribution in [3.05, 3.63) is 34.3 Å². The Labute approximate surface area is 144 Å². The molecule has 1 saturated heterocycles. The molecule has 0 radical (unpaired) electrons. The molecule has 8 heteroatoms. The summed E-state index contributed by atoms with van der Waals surface area (Å²) in [7, 11) is 0. The number of amides is 1. The molecule has 2 aromatic heterocycles. The molecular formula is C16H21N5O2S. The van der Waals surface area contributed by atoms with E-state index in [9.17, 15) is 4.79 Å². The van der Waals surface area contributed by atoms with Crippen molar-refractivity contribution in [2.75, 3.05) is 19.7 Å². The SMILES string of the molecule is Cc1nc(CN2Cc3cncn3[C@H](C(=O)N3CCCCO3)C2)cs1. The number of thiazole rings is 1. The van der Waals surface area contributed by atoms with Gasteiger partial charge in [0.25, 0.3) is 5.91 Å². The lowest BCUT2D eigenvalue weighted by Crippen LogP contribution is -2.47. The molecular weight excluding hydrogens is 326 g/mol. The first-order valence-electron chi connectivity index (χ1n) is 8.29. The molecule has 7 nitrogen and oxygen atoms in total. The second kappa shape index (κ2) is 6.62. The van der Waals surface area contributed by atoms with Crippen molar-refractivity contribution >= 4 is 17.2 Å². The van der Waals surface area contributed by atoms with Crippen molar-refractivity contribution in [2.45, 2.75) is 38.9 Å². The Morgan fingerprint density at radius 1 is 1.46 bits per heavy atom.